The number of hydrogen-bond donors (Lipinski definition) is 2. The summed E-state index contributed by atoms with van der Waals surface area (Å²) in [6, 6.07) is 13.7. The molecule has 1 amide bonds. The molecule has 0 spiro atoms. The second-order valence-corrected chi connectivity index (χ2v) is 3.56. The maximum Gasteiger partial charge on any atom is 0.243 e. The molecule has 2 aromatic rings. The van der Waals surface area contributed by atoms with Crippen LogP contribution in [0, 0.1) is 0 Å². The van der Waals surface area contributed by atoms with Crippen LogP contribution in [0.25, 0.3) is 16.5 Å². The van der Waals surface area contributed by atoms with Gasteiger partial charge in [-0.2, -0.15) is 0 Å². The summed E-state index contributed by atoms with van der Waals surface area (Å²) in [5, 5.41) is 2.22. The third-order valence-electron chi connectivity index (χ3n) is 2.38. The van der Waals surface area contributed by atoms with Gasteiger partial charge in [-0.15, -0.1) is 0 Å². The fraction of sp³-hybridized carbons (Fsp3) is 0. The van der Waals surface area contributed by atoms with Gasteiger partial charge >= 0.3 is 0 Å². The van der Waals surface area contributed by atoms with Gasteiger partial charge < -0.3 is 11.5 Å². The van der Waals surface area contributed by atoms with Crippen LogP contribution in [-0.2, 0) is 4.79 Å². The number of benzene rings is 2. The Labute approximate surface area is 93.4 Å². The number of amides is 1. The molecular formula is C13H12N2O. The maximum atomic E-state index is 10.7. The van der Waals surface area contributed by atoms with Crippen LogP contribution in [-0.4, -0.2) is 5.91 Å². The van der Waals surface area contributed by atoms with Crippen LogP contribution in [0.15, 0.2) is 48.5 Å². The molecule has 0 saturated carbocycles. The van der Waals surface area contributed by atoms with E-state index in [-0.39, 0.29) is 0 Å². The van der Waals surface area contributed by atoms with Crippen molar-refractivity contribution in [2.24, 2.45) is 11.5 Å². The number of primary amides is 1. The molecule has 0 aliphatic carbocycles. The van der Waals surface area contributed by atoms with Crippen LogP contribution in [0.3, 0.4) is 0 Å². The molecule has 0 fully saturated rings. The largest absolute Gasteiger partial charge is 0.398 e. The lowest BCUT2D eigenvalue weighted by Gasteiger charge is -2.03. The minimum absolute atomic E-state index is 0.387. The van der Waals surface area contributed by atoms with Gasteiger partial charge in [0.1, 0.15) is 0 Å². The highest BCUT2D eigenvalue weighted by Crippen LogP contribution is 2.18. The highest BCUT2D eigenvalue weighted by atomic mass is 16.1. The number of hydrogen-bond acceptors (Lipinski definition) is 2. The molecule has 16 heavy (non-hydrogen) atoms. The molecule has 2 aromatic carbocycles. The fourth-order valence-electron chi connectivity index (χ4n) is 1.61. The molecule has 80 valence electrons. The minimum Gasteiger partial charge on any atom is -0.398 e. The Kier molecular flexibility index (Phi) is 2.60. The maximum absolute atomic E-state index is 10.7. The second kappa shape index (κ2) is 4.06. The first-order chi connectivity index (χ1) is 7.66. The van der Waals surface area contributed by atoms with Gasteiger partial charge in [-0.3, -0.25) is 4.79 Å². The van der Waals surface area contributed by atoms with E-state index < -0.39 is 5.91 Å². The van der Waals surface area contributed by atoms with Gasteiger partial charge in [0, 0.05) is 11.8 Å². The van der Waals surface area contributed by atoms with Crippen molar-refractivity contribution < 1.29 is 4.79 Å². The number of carbonyl (C=O) groups excluding carboxylic acids is 1. The summed E-state index contributed by atoms with van der Waals surface area (Å²) >= 11 is 0. The van der Waals surface area contributed by atoms with Gasteiger partial charge in [-0.25, -0.2) is 0 Å². The van der Waals surface area contributed by atoms with E-state index in [1.165, 1.54) is 6.08 Å². The monoisotopic (exact) mass is 212 g/mol. The molecule has 0 radical (unpaired) electrons. The smallest absolute Gasteiger partial charge is 0.243 e. The lowest BCUT2D eigenvalue weighted by Crippen LogP contribution is -2.09. The topological polar surface area (TPSA) is 69.1 Å². The average molecular weight is 212 g/mol. The molecule has 0 saturated heterocycles. The molecule has 0 unspecified atom stereocenters. The SMILES string of the molecule is NC(=O)/C=C(/N)c1ccc2ccccc2c1. The predicted molar refractivity (Wildman–Crippen MR) is 65.3 cm³/mol. The van der Waals surface area contributed by atoms with E-state index in [1.54, 1.807) is 0 Å². The zero-order valence-electron chi connectivity index (χ0n) is 8.68. The Morgan fingerprint density at radius 1 is 1.00 bits per heavy atom. The van der Waals surface area contributed by atoms with Crippen LogP contribution in [0.4, 0.5) is 0 Å². The zero-order chi connectivity index (χ0) is 11.5. The first-order valence-electron chi connectivity index (χ1n) is 4.92. The van der Waals surface area contributed by atoms with Gasteiger partial charge in [0.05, 0.1) is 0 Å². The van der Waals surface area contributed by atoms with Crippen molar-refractivity contribution in [3.05, 3.63) is 54.1 Å². The molecular weight excluding hydrogens is 200 g/mol. The van der Waals surface area contributed by atoms with E-state index >= 15 is 0 Å². The first-order valence-corrected chi connectivity index (χ1v) is 4.92. The summed E-state index contributed by atoms with van der Waals surface area (Å²) < 4.78 is 0. The molecule has 3 nitrogen and oxygen atoms in total. The molecule has 0 aliphatic rings. The van der Waals surface area contributed by atoms with E-state index in [2.05, 4.69) is 0 Å². The van der Waals surface area contributed by atoms with E-state index in [0.29, 0.717) is 5.70 Å². The fourth-order valence-corrected chi connectivity index (χ4v) is 1.61. The van der Waals surface area contributed by atoms with Gasteiger partial charge in [0.2, 0.25) is 5.91 Å². The third-order valence-corrected chi connectivity index (χ3v) is 2.38. The van der Waals surface area contributed by atoms with Gasteiger partial charge in [0.15, 0.2) is 0 Å². The van der Waals surface area contributed by atoms with Crippen molar-refractivity contribution in [3.8, 4) is 0 Å². The normalized spacial score (nSPS) is 11.6. The Bertz CT molecular complexity index is 573. The van der Waals surface area contributed by atoms with Crippen molar-refractivity contribution in [2.75, 3.05) is 0 Å². The standard InChI is InChI=1S/C13H12N2O/c14-12(8-13(15)16)11-6-5-9-3-1-2-4-10(9)7-11/h1-8H,14H2,(H2,15,16)/b12-8+. The minimum atomic E-state index is -0.536. The summed E-state index contributed by atoms with van der Waals surface area (Å²) in [6.45, 7) is 0. The average Bonchev–Trinajstić information content (AvgIpc) is 2.27. The first kappa shape index (κ1) is 10.2. The van der Waals surface area contributed by atoms with E-state index in [9.17, 15) is 4.79 Å². The summed E-state index contributed by atoms with van der Waals surface area (Å²) in [5.41, 5.74) is 12.0. The Hall–Kier alpha value is -2.29. The molecule has 3 heteroatoms. The molecule has 2 rings (SSSR count). The van der Waals surface area contributed by atoms with Gasteiger partial charge in [-0.1, -0.05) is 36.4 Å². The molecule has 0 aromatic heterocycles. The van der Waals surface area contributed by atoms with Crippen molar-refractivity contribution in [1.82, 2.24) is 0 Å². The number of carbonyl (C=O) groups is 1. The molecule has 0 aliphatic heterocycles. The van der Waals surface area contributed by atoms with E-state index in [0.717, 1.165) is 16.3 Å². The van der Waals surface area contributed by atoms with E-state index in [1.807, 2.05) is 42.5 Å². The molecule has 0 heterocycles. The van der Waals surface area contributed by atoms with Crippen LogP contribution in [0.1, 0.15) is 5.56 Å². The summed E-state index contributed by atoms with van der Waals surface area (Å²) in [6.07, 6.45) is 1.23. The highest BCUT2D eigenvalue weighted by molar-refractivity contribution is 5.94. The van der Waals surface area contributed by atoms with Crippen LogP contribution < -0.4 is 11.5 Å². The molecule has 4 N–H and O–H groups in total. The van der Waals surface area contributed by atoms with Crippen molar-refractivity contribution in [2.45, 2.75) is 0 Å². The third kappa shape index (κ3) is 2.03. The number of rotatable bonds is 2. The van der Waals surface area contributed by atoms with Gasteiger partial charge in [0.25, 0.3) is 0 Å². The Morgan fingerprint density at radius 2 is 1.69 bits per heavy atom. The van der Waals surface area contributed by atoms with Crippen molar-refractivity contribution >= 4 is 22.4 Å². The van der Waals surface area contributed by atoms with Crippen molar-refractivity contribution in [1.29, 1.82) is 0 Å². The van der Waals surface area contributed by atoms with Gasteiger partial charge in [-0.05, 0) is 22.4 Å². The summed E-state index contributed by atoms with van der Waals surface area (Å²) in [7, 11) is 0. The highest BCUT2D eigenvalue weighted by Gasteiger charge is 2.00. The van der Waals surface area contributed by atoms with Crippen LogP contribution in [0.5, 0.6) is 0 Å². The van der Waals surface area contributed by atoms with E-state index in [4.69, 9.17) is 11.5 Å². The van der Waals surface area contributed by atoms with Crippen LogP contribution in [0.2, 0.25) is 0 Å². The number of nitrogens with two attached hydrogens (primary N) is 2. The second-order valence-electron chi connectivity index (χ2n) is 3.56. The lowest BCUT2D eigenvalue weighted by atomic mass is 10.1. The van der Waals surface area contributed by atoms with Crippen molar-refractivity contribution in [3.63, 3.8) is 0 Å². The predicted octanol–water partition coefficient (Wildman–Crippen LogP) is 1.62. The Morgan fingerprint density at radius 3 is 2.38 bits per heavy atom. The summed E-state index contributed by atoms with van der Waals surface area (Å²) in [5.74, 6) is -0.536. The molecule has 0 atom stereocenters. The molecule has 0 bridgehead atoms. The lowest BCUT2D eigenvalue weighted by molar-refractivity contribution is -0.113. The summed E-state index contributed by atoms with van der Waals surface area (Å²) in [4.78, 5) is 10.7. The number of fused-ring (bicyclic) bond motifs is 1. The Balaban J connectivity index is 2.51. The zero-order valence-corrected chi connectivity index (χ0v) is 8.68. The van der Waals surface area contributed by atoms with Crippen LogP contribution >= 0.6 is 0 Å². The quantitative estimate of drug-likeness (QED) is 0.743.